The van der Waals surface area contributed by atoms with E-state index in [2.05, 4.69) is 48.0 Å². The van der Waals surface area contributed by atoms with Gasteiger partial charge in [-0.25, -0.2) is 0 Å². The van der Waals surface area contributed by atoms with Crippen LogP contribution < -0.4 is 11.1 Å². The highest BCUT2D eigenvalue weighted by atomic mass is 16.2. The number of benzene rings is 1. The maximum absolute atomic E-state index is 12.1. The molecule has 1 aromatic rings. The Labute approximate surface area is 146 Å². The number of hydrogen-bond acceptors (Lipinski definition) is 4. The Morgan fingerprint density at radius 1 is 1.12 bits per heavy atom. The summed E-state index contributed by atoms with van der Waals surface area (Å²) in [6.45, 7) is 13.0. The summed E-state index contributed by atoms with van der Waals surface area (Å²) >= 11 is 0. The van der Waals surface area contributed by atoms with Crippen molar-refractivity contribution in [2.24, 2.45) is 11.7 Å². The van der Waals surface area contributed by atoms with Crippen molar-refractivity contribution in [2.75, 3.05) is 38.0 Å². The number of piperazine rings is 1. The maximum atomic E-state index is 12.1. The van der Waals surface area contributed by atoms with Crippen LogP contribution in [-0.4, -0.2) is 54.5 Å². The van der Waals surface area contributed by atoms with Crippen molar-refractivity contribution in [3.8, 4) is 0 Å². The molecule has 1 amide bonds. The second kappa shape index (κ2) is 9.16. The third-order valence-corrected chi connectivity index (χ3v) is 4.60. The van der Waals surface area contributed by atoms with E-state index in [4.69, 9.17) is 5.73 Å². The second-order valence-electron chi connectivity index (χ2n) is 7.13. The van der Waals surface area contributed by atoms with Crippen molar-refractivity contribution >= 4 is 11.6 Å². The lowest BCUT2D eigenvalue weighted by Crippen LogP contribution is -2.45. The van der Waals surface area contributed by atoms with Crippen LogP contribution in [0.5, 0.6) is 0 Å². The van der Waals surface area contributed by atoms with Crippen molar-refractivity contribution in [1.82, 2.24) is 9.80 Å². The Morgan fingerprint density at radius 2 is 1.71 bits per heavy atom. The van der Waals surface area contributed by atoms with Gasteiger partial charge in [-0.1, -0.05) is 32.9 Å². The van der Waals surface area contributed by atoms with E-state index in [0.29, 0.717) is 12.3 Å². The number of nitrogens with zero attached hydrogens (tertiary/aromatic N) is 2. The predicted molar refractivity (Wildman–Crippen MR) is 99.9 cm³/mol. The number of amides is 1. The van der Waals surface area contributed by atoms with Crippen LogP contribution >= 0.6 is 0 Å². The number of carbonyl (C=O) groups excluding carboxylic acids is 1. The number of hydrogen-bond donors (Lipinski definition) is 2. The minimum atomic E-state index is -0.445. The molecule has 1 aliphatic rings. The molecule has 1 heterocycles. The van der Waals surface area contributed by atoms with E-state index >= 15 is 0 Å². The van der Waals surface area contributed by atoms with Crippen molar-refractivity contribution in [3.05, 3.63) is 29.8 Å². The van der Waals surface area contributed by atoms with Gasteiger partial charge in [0.15, 0.2) is 0 Å². The highest BCUT2D eigenvalue weighted by Gasteiger charge is 2.16. The molecule has 134 valence electrons. The normalized spacial score (nSPS) is 17.9. The Hall–Kier alpha value is -1.43. The molecule has 5 heteroatoms. The Balaban J connectivity index is 1.81. The lowest BCUT2D eigenvalue weighted by atomic mass is 10.0. The standard InChI is InChI=1S/C19H32N4O/c1-4-22-9-11-23(12-10-22)14-16-5-7-17(8-6-16)21-19(24)18(20)13-15(2)3/h5-8,15,18H,4,9-14,20H2,1-3H3,(H,21,24)/t18-/m0/s1. The van der Waals surface area contributed by atoms with Gasteiger partial charge in [0, 0.05) is 38.4 Å². The fourth-order valence-electron chi connectivity index (χ4n) is 3.07. The van der Waals surface area contributed by atoms with E-state index in [9.17, 15) is 4.79 Å². The Kier molecular flexibility index (Phi) is 7.21. The van der Waals surface area contributed by atoms with Crippen molar-refractivity contribution in [3.63, 3.8) is 0 Å². The SMILES string of the molecule is CCN1CCN(Cc2ccc(NC(=O)[C@@H](N)CC(C)C)cc2)CC1. The van der Waals surface area contributed by atoms with Crippen LogP contribution in [0.4, 0.5) is 5.69 Å². The van der Waals surface area contributed by atoms with Crippen LogP contribution in [0.1, 0.15) is 32.8 Å². The first-order chi connectivity index (χ1) is 11.5. The van der Waals surface area contributed by atoms with Crippen LogP contribution in [0.15, 0.2) is 24.3 Å². The summed E-state index contributed by atoms with van der Waals surface area (Å²) in [5.74, 6) is 0.313. The molecule has 5 nitrogen and oxygen atoms in total. The summed E-state index contributed by atoms with van der Waals surface area (Å²) in [5.41, 5.74) is 8.02. The Bertz CT molecular complexity index is 507. The van der Waals surface area contributed by atoms with Crippen LogP contribution in [-0.2, 0) is 11.3 Å². The zero-order valence-corrected chi connectivity index (χ0v) is 15.3. The second-order valence-corrected chi connectivity index (χ2v) is 7.13. The molecule has 1 atom stereocenters. The molecule has 0 spiro atoms. The van der Waals surface area contributed by atoms with E-state index in [1.54, 1.807) is 0 Å². The van der Waals surface area contributed by atoms with Gasteiger partial charge in [0.1, 0.15) is 0 Å². The van der Waals surface area contributed by atoms with E-state index in [-0.39, 0.29) is 5.91 Å². The van der Waals surface area contributed by atoms with Gasteiger partial charge in [-0.05, 0) is 36.6 Å². The van der Waals surface area contributed by atoms with E-state index in [1.807, 2.05) is 12.1 Å². The molecular formula is C19H32N4O. The molecule has 1 fully saturated rings. The topological polar surface area (TPSA) is 61.6 Å². The summed E-state index contributed by atoms with van der Waals surface area (Å²) in [5, 5.41) is 2.91. The molecule has 1 saturated heterocycles. The maximum Gasteiger partial charge on any atom is 0.241 e. The zero-order valence-electron chi connectivity index (χ0n) is 15.3. The van der Waals surface area contributed by atoms with Crippen LogP contribution in [0.25, 0.3) is 0 Å². The fraction of sp³-hybridized carbons (Fsp3) is 0.632. The largest absolute Gasteiger partial charge is 0.325 e. The lowest BCUT2D eigenvalue weighted by molar-refractivity contribution is -0.117. The summed E-state index contributed by atoms with van der Waals surface area (Å²) in [7, 11) is 0. The van der Waals surface area contributed by atoms with Crippen molar-refractivity contribution in [1.29, 1.82) is 0 Å². The average molecular weight is 332 g/mol. The number of nitrogens with two attached hydrogens (primary N) is 1. The summed E-state index contributed by atoms with van der Waals surface area (Å²) < 4.78 is 0. The highest BCUT2D eigenvalue weighted by molar-refractivity contribution is 5.94. The summed E-state index contributed by atoms with van der Waals surface area (Å²) in [6.07, 6.45) is 0.702. The smallest absolute Gasteiger partial charge is 0.241 e. The molecular weight excluding hydrogens is 300 g/mol. The van der Waals surface area contributed by atoms with Crippen LogP contribution in [0, 0.1) is 5.92 Å². The highest BCUT2D eigenvalue weighted by Crippen LogP contribution is 2.14. The molecule has 0 aliphatic carbocycles. The van der Waals surface area contributed by atoms with Gasteiger partial charge in [0.05, 0.1) is 6.04 Å². The Morgan fingerprint density at radius 3 is 2.25 bits per heavy atom. The van der Waals surface area contributed by atoms with E-state index in [0.717, 1.165) is 45.0 Å². The first-order valence-electron chi connectivity index (χ1n) is 9.08. The van der Waals surface area contributed by atoms with Gasteiger partial charge in [-0.2, -0.15) is 0 Å². The molecule has 0 aromatic heterocycles. The van der Waals surface area contributed by atoms with Gasteiger partial charge >= 0.3 is 0 Å². The van der Waals surface area contributed by atoms with Crippen molar-refractivity contribution < 1.29 is 4.79 Å². The molecule has 0 unspecified atom stereocenters. The third-order valence-electron chi connectivity index (χ3n) is 4.60. The molecule has 0 bridgehead atoms. The molecule has 0 saturated carbocycles. The minimum Gasteiger partial charge on any atom is -0.325 e. The van der Waals surface area contributed by atoms with Gasteiger partial charge in [-0.3, -0.25) is 9.69 Å². The molecule has 0 radical (unpaired) electrons. The van der Waals surface area contributed by atoms with Gasteiger partial charge in [0.2, 0.25) is 5.91 Å². The minimum absolute atomic E-state index is 0.105. The molecule has 3 N–H and O–H groups in total. The summed E-state index contributed by atoms with van der Waals surface area (Å²) in [6, 6.07) is 7.68. The van der Waals surface area contributed by atoms with Gasteiger partial charge < -0.3 is 16.0 Å². The van der Waals surface area contributed by atoms with Gasteiger partial charge in [0.25, 0.3) is 0 Å². The molecule has 1 aromatic carbocycles. The molecule has 2 rings (SSSR count). The lowest BCUT2D eigenvalue weighted by Gasteiger charge is -2.34. The first-order valence-corrected chi connectivity index (χ1v) is 9.08. The number of carbonyl (C=O) groups is 1. The number of rotatable bonds is 7. The van der Waals surface area contributed by atoms with Gasteiger partial charge in [-0.15, -0.1) is 0 Å². The number of likely N-dealkylation sites (N-methyl/N-ethyl adjacent to an activating group) is 1. The first kappa shape index (κ1) is 18.9. The zero-order chi connectivity index (χ0) is 17.5. The molecule has 24 heavy (non-hydrogen) atoms. The quantitative estimate of drug-likeness (QED) is 0.803. The van der Waals surface area contributed by atoms with E-state index < -0.39 is 6.04 Å². The summed E-state index contributed by atoms with van der Waals surface area (Å²) in [4.78, 5) is 17.0. The van der Waals surface area contributed by atoms with Crippen LogP contribution in [0.3, 0.4) is 0 Å². The third kappa shape index (κ3) is 5.89. The van der Waals surface area contributed by atoms with E-state index in [1.165, 1.54) is 5.56 Å². The molecule has 1 aliphatic heterocycles. The fourth-order valence-corrected chi connectivity index (χ4v) is 3.07. The van der Waals surface area contributed by atoms with Crippen LogP contribution in [0.2, 0.25) is 0 Å². The average Bonchev–Trinajstić information content (AvgIpc) is 2.56. The number of nitrogens with one attached hydrogen (secondary N) is 1. The monoisotopic (exact) mass is 332 g/mol. The number of anilines is 1. The predicted octanol–water partition coefficient (Wildman–Crippen LogP) is 2.14. The van der Waals surface area contributed by atoms with Crippen molar-refractivity contribution in [2.45, 2.75) is 39.8 Å².